The molecule has 4 heteroatoms. The number of carbonyl (C=O) groups is 1. The van der Waals surface area contributed by atoms with Gasteiger partial charge in [-0.3, -0.25) is 4.79 Å². The van der Waals surface area contributed by atoms with E-state index in [0.717, 1.165) is 32.5 Å². The van der Waals surface area contributed by atoms with Gasteiger partial charge in [0.05, 0.1) is 5.69 Å². The number of benzene rings is 1. The Morgan fingerprint density at radius 3 is 2.93 bits per heavy atom. The predicted molar refractivity (Wildman–Crippen MR) is 63.4 cm³/mol. The van der Waals surface area contributed by atoms with Crippen molar-refractivity contribution in [3.63, 3.8) is 0 Å². The Morgan fingerprint density at radius 1 is 1.50 bits per heavy atom. The fraction of sp³-hybridized carbons (Fsp3) is 0.100. The summed E-state index contributed by atoms with van der Waals surface area (Å²) in [4.78, 5) is 11.8. The van der Waals surface area contributed by atoms with E-state index >= 15 is 0 Å². The lowest BCUT2D eigenvalue weighted by molar-refractivity contribution is 0.112. The van der Waals surface area contributed by atoms with Crippen LogP contribution in [0.15, 0.2) is 22.4 Å². The van der Waals surface area contributed by atoms with Gasteiger partial charge in [0.25, 0.3) is 0 Å². The molecule has 2 nitrogen and oxygen atoms in total. The molecule has 0 radical (unpaired) electrons. The molecule has 1 aromatic heterocycles. The van der Waals surface area contributed by atoms with Crippen molar-refractivity contribution in [1.29, 1.82) is 0 Å². The summed E-state index contributed by atoms with van der Waals surface area (Å²) in [5, 5.41) is 2.89. The molecule has 2 N–H and O–H groups in total. The number of nitrogen functional groups attached to an aromatic ring is 1. The third kappa shape index (κ3) is 1.40. The van der Waals surface area contributed by atoms with Gasteiger partial charge in [-0.05, 0) is 18.4 Å². The molecule has 0 spiro atoms. The van der Waals surface area contributed by atoms with E-state index in [1.807, 2.05) is 23.8 Å². The molecule has 0 aliphatic rings. The highest BCUT2D eigenvalue weighted by atomic mass is 32.2. The lowest BCUT2D eigenvalue weighted by Gasteiger charge is -2.01. The highest BCUT2D eigenvalue weighted by Gasteiger charge is 2.06. The van der Waals surface area contributed by atoms with E-state index in [-0.39, 0.29) is 0 Å². The van der Waals surface area contributed by atoms with Gasteiger partial charge in [-0.25, -0.2) is 0 Å². The zero-order valence-electron chi connectivity index (χ0n) is 7.61. The summed E-state index contributed by atoms with van der Waals surface area (Å²) < 4.78 is 1.14. The largest absolute Gasteiger partial charge is 0.398 e. The van der Waals surface area contributed by atoms with E-state index < -0.39 is 0 Å². The first kappa shape index (κ1) is 9.55. The summed E-state index contributed by atoms with van der Waals surface area (Å²) in [5.74, 6) is 0. The molecule has 2 rings (SSSR count). The second-order valence-electron chi connectivity index (χ2n) is 2.90. The molecule has 0 atom stereocenters. The monoisotopic (exact) mass is 223 g/mol. The number of aldehydes is 1. The minimum atomic E-state index is 0.718. The highest BCUT2D eigenvalue weighted by Crippen LogP contribution is 2.33. The topological polar surface area (TPSA) is 43.1 Å². The average Bonchev–Trinajstić information content (AvgIpc) is 2.58. The van der Waals surface area contributed by atoms with E-state index in [9.17, 15) is 4.79 Å². The molecule has 2 aromatic rings. The van der Waals surface area contributed by atoms with E-state index in [1.165, 1.54) is 0 Å². The smallest absolute Gasteiger partial charge is 0.151 e. The Kier molecular flexibility index (Phi) is 2.48. The normalized spacial score (nSPS) is 10.6. The number of anilines is 1. The number of carbonyl (C=O) groups excluding carboxylic acids is 1. The van der Waals surface area contributed by atoms with Gasteiger partial charge in [-0.2, -0.15) is 0 Å². The second kappa shape index (κ2) is 3.63. The van der Waals surface area contributed by atoms with Gasteiger partial charge in [-0.1, -0.05) is 0 Å². The minimum absolute atomic E-state index is 0.718. The van der Waals surface area contributed by atoms with Crippen LogP contribution in [-0.4, -0.2) is 12.5 Å². The maximum Gasteiger partial charge on any atom is 0.151 e. The van der Waals surface area contributed by atoms with Crippen LogP contribution in [0.5, 0.6) is 0 Å². The molecule has 0 unspecified atom stereocenters. The maximum absolute atomic E-state index is 10.8. The van der Waals surface area contributed by atoms with E-state index in [1.54, 1.807) is 23.1 Å². The number of thioether (sulfide) groups is 1. The van der Waals surface area contributed by atoms with Crippen molar-refractivity contribution >= 4 is 45.2 Å². The summed E-state index contributed by atoms with van der Waals surface area (Å²) in [7, 11) is 0. The SMILES string of the molecule is CSc1cc2scc(N)c2cc1C=O. The molecule has 0 saturated heterocycles. The van der Waals surface area contributed by atoms with Crippen molar-refractivity contribution in [1.82, 2.24) is 0 Å². The molecule has 0 fully saturated rings. The van der Waals surface area contributed by atoms with Crippen molar-refractivity contribution < 1.29 is 4.79 Å². The average molecular weight is 223 g/mol. The number of hydrogen-bond donors (Lipinski definition) is 1. The Balaban J connectivity index is 2.77. The predicted octanol–water partition coefficient (Wildman–Crippen LogP) is 3.02. The quantitative estimate of drug-likeness (QED) is 0.628. The zero-order chi connectivity index (χ0) is 10.1. The molecule has 72 valence electrons. The van der Waals surface area contributed by atoms with Crippen LogP contribution in [0, 0.1) is 0 Å². The summed E-state index contributed by atoms with van der Waals surface area (Å²) in [5.41, 5.74) is 7.25. The van der Waals surface area contributed by atoms with Gasteiger partial charge in [0, 0.05) is 25.9 Å². The molecule has 0 bridgehead atoms. The Bertz CT molecular complexity index is 490. The first-order valence-corrected chi connectivity index (χ1v) is 6.16. The third-order valence-electron chi connectivity index (χ3n) is 2.08. The van der Waals surface area contributed by atoms with Crippen molar-refractivity contribution in [3.05, 3.63) is 23.1 Å². The molecule has 14 heavy (non-hydrogen) atoms. The van der Waals surface area contributed by atoms with E-state index in [0.29, 0.717) is 0 Å². The van der Waals surface area contributed by atoms with Gasteiger partial charge in [0.2, 0.25) is 0 Å². The standard InChI is InChI=1S/C10H9NOS2/c1-13-9-3-10-7(2-6(9)4-12)8(11)5-14-10/h2-5H,11H2,1H3. The first-order valence-electron chi connectivity index (χ1n) is 4.06. The molecule has 1 heterocycles. The third-order valence-corrected chi connectivity index (χ3v) is 3.84. The van der Waals surface area contributed by atoms with Crippen molar-refractivity contribution in [2.75, 3.05) is 12.0 Å². The summed E-state index contributed by atoms with van der Waals surface area (Å²) in [6.45, 7) is 0. The lowest BCUT2D eigenvalue weighted by Crippen LogP contribution is -1.86. The Morgan fingerprint density at radius 2 is 2.29 bits per heavy atom. The van der Waals surface area contributed by atoms with Crippen LogP contribution in [0.1, 0.15) is 10.4 Å². The van der Waals surface area contributed by atoms with Crippen LogP contribution in [-0.2, 0) is 0 Å². The fourth-order valence-corrected chi connectivity index (χ4v) is 2.88. The number of rotatable bonds is 2. The first-order chi connectivity index (χ1) is 6.76. The summed E-state index contributed by atoms with van der Waals surface area (Å²) in [6, 6.07) is 3.88. The molecular weight excluding hydrogens is 214 g/mol. The van der Waals surface area contributed by atoms with Gasteiger partial charge in [0.15, 0.2) is 6.29 Å². The lowest BCUT2D eigenvalue weighted by atomic mass is 10.1. The van der Waals surface area contributed by atoms with E-state index in [4.69, 9.17) is 5.73 Å². The van der Waals surface area contributed by atoms with Crippen LogP contribution in [0.25, 0.3) is 10.1 Å². The second-order valence-corrected chi connectivity index (χ2v) is 4.66. The minimum Gasteiger partial charge on any atom is -0.398 e. The van der Waals surface area contributed by atoms with Gasteiger partial charge < -0.3 is 5.73 Å². The zero-order valence-corrected chi connectivity index (χ0v) is 9.24. The maximum atomic E-state index is 10.8. The van der Waals surface area contributed by atoms with Crippen LogP contribution in [0.2, 0.25) is 0 Å². The van der Waals surface area contributed by atoms with Gasteiger partial charge in [-0.15, -0.1) is 23.1 Å². The van der Waals surface area contributed by atoms with Crippen LogP contribution >= 0.6 is 23.1 Å². The highest BCUT2D eigenvalue weighted by molar-refractivity contribution is 7.98. The summed E-state index contributed by atoms with van der Waals surface area (Å²) >= 11 is 3.19. The number of thiophene rings is 1. The van der Waals surface area contributed by atoms with Gasteiger partial charge >= 0.3 is 0 Å². The van der Waals surface area contributed by atoms with Crippen molar-refractivity contribution in [2.24, 2.45) is 0 Å². The number of hydrogen-bond acceptors (Lipinski definition) is 4. The molecule has 0 saturated carbocycles. The van der Waals surface area contributed by atoms with Crippen molar-refractivity contribution in [3.8, 4) is 0 Å². The molecule has 0 aliphatic heterocycles. The molecular formula is C10H9NOS2. The van der Waals surface area contributed by atoms with E-state index in [2.05, 4.69) is 0 Å². The number of nitrogens with two attached hydrogens (primary N) is 1. The van der Waals surface area contributed by atoms with Crippen LogP contribution in [0.3, 0.4) is 0 Å². The Labute approximate surface area is 90.1 Å². The van der Waals surface area contributed by atoms with Crippen molar-refractivity contribution in [2.45, 2.75) is 4.90 Å². The molecule has 0 aliphatic carbocycles. The van der Waals surface area contributed by atoms with Crippen LogP contribution in [0.4, 0.5) is 5.69 Å². The van der Waals surface area contributed by atoms with Crippen LogP contribution < -0.4 is 5.73 Å². The number of fused-ring (bicyclic) bond motifs is 1. The van der Waals surface area contributed by atoms with Gasteiger partial charge in [0.1, 0.15) is 0 Å². The fourth-order valence-electron chi connectivity index (χ4n) is 1.36. The summed E-state index contributed by atoms with van der Waals surface area (Å²) in [6.07, 6.45) is 2.84. The molecule has 0 amide bonds. The Hall–Kier alpha value is -1.00. The molecule has 1 aromatic carbocycles.